The molecule has 2 heteroatoms. The summed E-state index contributed by atoms with van der Waals surface area (Å²) in [6.45, 7) is 5.33. The number of aliphatic imine (C=N–C) groups is 1. The van der Waals surface area contributed by atoms with Crippen LogP contribution in [0.5, 0.6) is 0 Å². The number of hydrogen-bond donors (Lipinski definition) is 0. The van der Waals surface area contributed by atoms with Gasteiger partial charge in [0, 0.05) is 34.6 Å². The molecule has 0 aliphatic heterocycles. The number of para-hydroxylation sites is 1. The number of benzene rings is 3. The molecule has 0 radical (unpaired) electrons. The summed E-state index contributed by atoms with van der Waals surface area (Å²) < 4.78 is 2.36. The van der Waals surface area contributed by atoms with Crippen LogP contribution in [0.3, 0.4) is 0 Å². The zero-order valence-corrected chi connectivity index (χ0v) is 14.7. The molecule has 2 nitrogen and oxygen atoms in total. The molecule has 124 valence electrons. The summed E-state index contributed by atoms with van der Waals surface area (Å²) in [6.07, 6.45) is 3.01. The normalized spacial score (nSPS) is 11.8. The van der Waals surface area contributed by atoms with Crippen LogP contribution in [0.25, 0.3) is 21.8 Å². The molecule has 25 heavy (non-hydrogen) atoms. The Morgan fingerprint density at radius 1 is 0.840 bits per heavy atom. The molecule has 0 saturated carbocycles. The van der Waals surface area contributed by atoms with E-state index in [1.165, 1.54) is 27.4 Å². The maximum absolute atomic E-state index is 4.69. The molecule has 1 aromatic heterocycles. The second kappa shape index (κ2) is 6.56. The van der Waals surface area contributed by atoms with Gasteiger partial charge in [-0.3, -0.25) is 4.99 Å². The van der Waals surface area contributed by atoms with Crippen molar-refractivity contribution in [3.63, 3.8) is 0 Å². The summed E-state index contributed by atoms with van der Waals surface area (Å²) in [6, 6.07) is 23.7. The lowest BCUT2D eigenvalue weighted by Crippen LogP contribution is -1.92. The molecular formula is C23H22N2. The third-order valence-electron chi connectivity index (χ3n) is 4.82. The predicted molar refractivity (Wildman–Crippen MR) is 108 cm³/mol. The van der Waals surface area contributed by atoms with Crippen LogP contribution >= 0.6 is 0 Å². The summed E-state index contributed by atoms with van der Waals surface area (Å²) in [5, 5.41) is 2.57. The summed E-state index contributed by atoms with van der Waals surface area (Å²) in [7, 11) is 0. The number of hydrogen-bond acceptors (Lipinski definition) is 1. The zero-order chi connectivity index (χ0) is 17.2. The van der Waals surface area contributed by atoms with Gasteiger partial charge in [0.25, 0.3) is 0 Å². The topological polar surface area (TPSA) is 17.3 Å². The van der Waals surface area contributed by atoms with E-state index in [0.717, 1.165) is 24.2 Å². The number of nitrogens with zero attached hydrogens (tertiary/aromatic N) is 2. The average Bonchev–Trinajstić information content (AvgIpc) is 3.00. The van der Waals surface area contributed by atoms with Crippen LogP contribution in [-0.2, 0) is 13.0 Å². The molecule has 0 N–H and O–H groups in total. The molecule has 0 atom stereocenters. The van der Waals surface area contributed by atoms with E-state index in [0.29, 0.717) is 0 Å². The highest BCUT2D eigenvalue weighted by molar-refractivity contribution is 6.09. The van der Waals surface area contributed by atoms with Gasteiger partial charge in [0.15, 0.2) is 0 Å². The van der Waals surface area contributed by atoms with Gasteiger partial charge >= 0.3 is 0 Å². The minimum absolute atomic E-state index is 0.969. The van der Waals surface area contributed by atoms with Crippen LogP contribution < -0.4 is 0 Å². The van der Waals surface area contributed by atoms with E-state index >= 15 is 0 Å². The number of fused-ring (bicyclic) bond motifs is 3. The van der Waals surface area contributed by atoms with Gasteiger partial charge in [-0.15, -0.1) is 0 Å². The van der Waals surface area contributed by atoms with Gasteiger partial charge in [-0.05, 0) is 48.7 Å². The number of aromatic nitrogens is 1. The van der Waals surface area contributed by atoms with E-state index in [-0.39, 0.29) is 0 Å². The molecule has 0 amide bonds. The molecule has 4 aromatic rings. The fourth-order valence-corrected chi connectivity index (χ4v) is 3.45. The van der Waals surface area contributed by atoms with Crippen molar-refractivity contribution in [1.29, 1.82) is 0 Å². The van der Waals surface area contributed by atoms with E-state index in [2.05, 4.69) is 90.1 Å². The lowest BCUT2D eigenvalue weighted by Gasteiger charge is -2.02. The maximum Gasteiger partial charge on any atom is 0.0637 e. The summed E-state index contributed by atoms with van der Waals surface area (Å²) in [4.78, 5) is 4.69. The van der Waals surface area contributed by atoms with Crippen molar-refractivity contribution in [2.45, 2.75) is 26.8 Å². The SMILES string of the molecule is CCc1ccc(C=Nc2ccc3c(c2)c2ccccc2n3CC)cc1. The van der Waals surface area contributed by atoms with Crippen molar-refractivity contribution in [3.8, 4) is 0 Å². The highest BCUT2D eigenvalue weighted by atomic mass is 15.0. The Labute approximate surface area is 148 Å². The fourth-order valence-electron chi connectivity index (χ4n) is 3.45. The zero-order valence-electron chi connectivity index (χ0n) is 14.7. The van der Waals surface area contributed by atoms with Crippen LogP contribution in [0.4, 0.5) is 5.69 Å². The van der Waals surface area contributed by atoms with Gasteiger partial charge in [-0.2, -0.15) is 0 Å². The quantitative estimate of drug-likeness (QED) is 0.402. The Balaban J connectivity index is 1.75. The van der Waals surface area contributed by atoms with E-state index in [4.69, 9.17) is 0 Å². The molecular weight excluding hydrogens is 304 g/mol. The van der Waals surface area contributed by atoms with Crippen molar-refractivity contribution in [2.24, 2.45) is 4.99 Å². The van der Waals surface area contributed by atoms with Crippen molar-refractivity contribution in [2.75, 3.05) is 0 Å². The van der Waals surface area contributed by atoms with Gasteiger partial charge < -0.3 is 4.57 Å². The van der Waals surface area contributed by atoms with Crippen LogP contribution in [0, 0.1) is 0 Å². The van der Waals surface area contributed by atoms with E-state index in [9.17, 15) is 0 Å². The van der Waals surface area contributed by atoms with Gasteiger partial charge in [0.2, 0.25) is 0 Å². The minimum Gasteiger partial charge on any atom is -0.341 e. The highest BCUT2D eigenvalue weighted by Crippen LogP contribution is 2.31. The van der Waals surface area contributed by atoms with Crippen LogP contribution in [-0.4, -0.2) is 10.8 Å². The van der Waals surface area contributed by atoms with Gasteiger partial charge in [0.05, 0.1) is 5.69 Å². The van der Waals surface area contributed by atoms with Gasteiger partial charge in [-0.25, -0.2) is 0 Å². The third-order valence-corrected chi connectivity index (χ3v) is 4.82. The molecule has 0 unspecified atom stereocenters. The third kappa shape index (κ3) is 2.85. The van der Waals surface area contributed by atoms with Crippen LogP contribution in [0.1, 0.15) is 25.0 Å². The Kier molecular flexibility index (Phi) is 4.10. The van der Waals surface area contributed by atoms with E-state index in [1.807, 2.05) is 6.21 Å². The number of aryl methyl sites for hydroxylation is 2. The first kappa shape index (κ1) is 15.6. The lowest BCUT2D eigenvalue weighted by molar-refractivity contribution is 0.827. The largest absolute Gasteiger partial charge is 0.341 e. The second-order valence-corrected chi connectivity index (χ2v) is 6.32. The summed E-state index contributed by atoms with van der Waals surface area (Å²) >= 11 is 0. The molecule has 0 saturated heterocycles. The molecule has 4 rings (SSSR count). The van der Waals surface area contributed by atoms with Crippen molar-refractivity contribution in [1.82, 2.24) is 4.57 Å². The number of rotatable bonds is 4. The minimum atomic E-state index is 0.969. The van der Waals surface area contributed by atoms with Crippen LogP contribution in [0.2, 0.25) is 0 Å². The van der Waals surface area contributed by atoms with Crippen molar-refractivity contribution in [3.05, 3.63) is 77.9 Å². The first-order valence-corrected chi connectivity index (χ1v) is 8.94. The molecule has 0 spiro atoms. The lowest BCUT2D eigenvalue weighted by atomic mass is 10.1. The van der Waals surface area contributed by atoms with Gasteiger partial charge in [0.1, 0.15) is 0 Å². The van der Waals surface area contributed by atoms with E-state index < -0.39 is 0 Å². The molecule has 0 bridgehead atoms. The molecule has 0 aliphatic rings. The predicted octanol–water partition coefficient (Wildman–Crippen LogP) is 6.13. The average molecular weight is 326 g/mol. The molecule has 1 heterocycles. The Morgan fingerprint density at radius 2 is 1.60 bits per heavy atom. The van der Waals surface area contributed by atoms with Gasteiger partial charge in [-0.1, -0.05) is 49.4 Å². The fraction of sp³-hybridized carbons (Fsp3) is 0.174. The highest BCUT2D eigenvalue weighted by Gasteiger charge is 2.09. The van der Waals surface area contributed by atoms with E-state index in [1.54, 1.807) is 0 Å². The molecule has 3 aromatic carbocycles. The Bertz CT molecular complexity index is 1050. The standard InChI is InChI=1S/C23H22N2/c1-3-17-9-11-18(12-10-17)16-24-19-13-14-23-21(15-19)20-7-5-6-8-22(20)25(23)4-2/h5-16H,3-4H2,1-2H3. The smallest absolute Gasteiger partial charge is 0.0637 e. The Morgan fingerprint density at radius 3 is 2.36 bits per heavy atom. The maximum atomic E-state index is 4.69. The molecule has 0 fully saturated rings. The first-order chi connectivity index (χ1) is 12.3. The van der Waals surface area contributed by atoms with Crippen molar-refractivity contribution >= 4 is 33.7 Å². The summed E-state index contributed by atoms with van der Waals surface area (Å²) in [5.41, 5.74) is 6.04. The first-order valence-electron chi connectivity index (χ1n) is 8.94. The van der Waals surface area contributed by atoms with Crippen molar-refractivity contribution < 1.29 is 0 Å². The molecule has 0 aliphatic carbocycles. The monoisotopic (exact) mass is 326 g/mol. The summed E-state index contributed by atoms with van der Waals surface area (Å²) in [5.74, 6) is 0. The van der Waals surface area contributed by atoms with Crippen LogP contribution in [0.15, 0.2) is 71.7 Å². The second-order valence-electron chi connectivity index (χ2n) is 6.32. The Hall–Kier alpha value is -2.87.